The minimum absolute atomic E-state index is 0.114. The van der Waals surface area contributed by atoms with Gasteiger partial charge >= 0.3 is 0 Å². The van der Waals surface area contributed by atoms with Gasteiger partial charge in [-0.25, -0.2) is 13.1 Å². The zero-order chi connectivity index (χ0) is 17.0. The van der Waals surface area contributed by atoms with Crippen LogP contribution in [0.1, 0.15) is 30.5 Å². The highest BCUT2D eigenvalue weighted by atomic mass is 32.2. The van der Waals surface area contributed by atoms with Crippen molar-refractivity contribution in [3.8, 4) is 0 Å². The van der Waals surface area contributed by atoms with Gasteiger partial charge in [-0.15, -0.1) is 0 Å². The van der Waals surface area contributed by atoms with Gasteiger partial charge in [-0.1, -0.05) is 42.8 Å². The molecule has 0 unspecified atom stereocenters. The number of rotatable bonds is 6. The molecule has 0 aliphatic rings. The van der Waals surface area contributed by atoms with Crippen LogP contribution in [0.4, 0.5) is 5.69 Å². The molecule has 0 saturated carbocycles. The standard InChI is InChI=1S/C16H18N2O4S/c1-3-16(13-9-7-12(2)8-10-13)17-23(21,22)15-6-4-5-14(11-15)18(19)20/h4-11,16-17H,3H2,1-2H3/t16-/m0/s1. The Labute approximate surface area is 135 Å². The zero-order valence-corrected chi connectivity index (χ0v) is 13.7. The van der Waals surface area contributed by atoms with Crippen molar-refractivity contribution in [1.29, 1.82) is 0 Å². The lowest BCUT2D eigenvalue weighted by atomic mass is 10.0. The summed E-state index contributed by atoms with van der Waals surface area (Å²) in [6.45, 7) is 3.83. The van der Waals surface area contributed by atoms with Crippen LogP contribution in [0.15, 0.2) is 53.4 Å². The van der Waals surface area contributed by atoms with Gasteiger partial charge in [0.15, 0.2) is 0 Å². The largest absolute Gasteiger partial charge is 0.270 e. The quantitative estimate of drug-likeness (QED) is 0.648. The number of nitrogens with one attached hydrogen (secondary N) is 1. The van der Waals surface area contributed by atoms with E-state index in [0.717, 1.165) is 17.2 Å². The number of aryl methyl sites for hydroxylation is 1. The van der Waals surface area contributed by atoms with E-state index in [4.69, 9.17) is 0 Å². The molecular weight excluding hydrogens is 316 g/mol. The second kappa shape index (κ2) is 6.89. The molecule has 0 amide bonds. The van der Waals surface area contributed by atoms with Crippen LogP contribution in [0.2, 0.25) is 0 Å². The van der Waals surface area contributed by atoms with Crippen molar-refractivity contribution in [2.45, 2.75) is 31.2 Å². The maximum Gasteiger partial charge on any atom is 0.270 e. The average Bonchev–Trinajstić information content (AvgIpc) is 2.53. The highest BCUT2D eigenvalue weighted by Crippen LogP contribution is 2.22. The highest BCUT2D eigenvalue weighted by molar-refractivity contribution is 7.89. The van der Waals surface area contributed by atoms with Crippen LogP contribution in [0.3, 0.4) is 0 Å². The number of hydrogen-bond acceptors (Lipinski definition) is 4. The van der Waals surface area contributed by atoms with Gasteiger partial charge in [-0.05, 0) is 25.0 Å². The number of nitro benzene ring substituents is 1. The fourth-order valence-electron chi connectivity index (χ4n) is 2.21. The Kier molecular flexibility index (Phi) is 5.12. The van der Waals surface area contributed by atoms with E-state index >= 15 is 0 Å². The Morgan fingerprint density at radius 2 is 1.83 bits per heavy atom. The summed E-state index contributed by atoms with van der Waals surface area (Å²) in [5.74, 6) is 0. The van der Waals surface area contributed by atoms with E-state index < -0.39 is 14.9 Å². The molecule has 1 N–H and O–H groups in total. The molecule has 0 aliphatic carbocycles. The lowest BCUT2D eigenvalue weighted by Gasteiger charge is -2.17. The maximum atomic E-state index is 12.5. The van der Waals surface area contributed by atoms with E-state index in [1.54, 1.807) is 0 Å². The molecule has 2 aromatic carbocycles. The van der Waals surface area contributed by atoms with Gasteiger partial charge in [-0.2, -0.15) is 0 Å². The molecule has 0 aromatic heterocycles. The van der Waals surface area contributed by atoms with Crippen LogP contribution < -0.4 is 4.72 Å². The van der Waals surface area contributed by atoms with E-state index in [1.807, 2.05) is 38.1 Å². The van der Waals surface area contributed by atoms with Crippen molar-refractivity contribution in [2.75, 3.05) is 0 Å². The second-order valence-corrected chi connectivity index (χ2v) is 6.96. The monoisotopic (exact) mass is 334 g/mol. The molecule has 0 fully saturated rings. The van der Waals surface area contributed by atoms with Gasteiger partial charge in [0.05, 0.1) is 9.82 Å². The third-order valence-corrected chi connectivity index (χ3v) is 4.99. The van der Waals surface area contributed by atoms with Crippen LogP contribution in [0.5, 0.6) is 0 Å². The summed E-state index contributed by atoms with van der Waals surface area (Å²) in [5, 5.41) is 10.8. The van der Waals surface area contributed by atoms with E-state index in [0.29, 0.717) is 6.42 Å². The first-order chi connectivity index (χ1) is 10.8. The molecule has 0 aliphatic heterocycles. The van der Waals surface area contributed by atoms with Crippen molar-refractivity contribution in [2.24, 2.45) is 0 Å². The molecule has 6 nitrogen and oxygen atoms in total. The molecule has 0 heterocycles. The summed E-state index contributed by atoms with van der Waals surface area (Å²) in [5.41, 5.74) is 1.69. The summed E-state index contributed by atoms with van der Waals surface area (Å²) in [6.07, 6.45) is 0.567. The Morgan fingerprint density at radius 3 is 2.39 bits per heavy atom. The minimum Gasteiger partial charge on any atom is -0.258 e. The molecule has 122 valence electrons. The van der Waals surface area contributed by atoms with Gasteiger partial charge < -0.3 is 0 Å². The number of non-ortho nitro benzene ring substituents is 1. The van der Waals surface area contributed by atoms with Crippen LogP contribution >= 0.6 is 0 Å². The highest BCUT2D eigenvalue weighted by Gasteiger charge is 2.22. The first-order valence-corrected chi connectivity index (χ1v) is 8.65. The number of nitrogens with zero attached hydrogens (tertiary/aromatic N) is 1. The molecular formula is C16H18N2O4S. The van der Waals surface area contributed by atoms with Crippen LogP contribution in [-0.2, 0) is 10.0 Å². The number of nitro groups is 1. The Hall–Kier alpha value is -2.25. The SMILES string of the molecule is CC[C@H](NS(=O)(=O)c1cccc([N+](=O)[O-])c1)c1ccc(C)cc1. The third-order valence-electron chi connectivity index (χ3n) is 3.52. The van der Waals surface area contributed by atoms with Gasteiger partial charge in [0.1, 0.15) is 0 Å². The zero-order valence-electron chi connectivity index (χ0n) is 12.9. The van der Waals surface area contributed by atoms with Crippen LogP contribution in [-0.4, -0.2) is 13.3 Å². The molecule has 0 saturated heterocycles. The summed E-state index contributed by atoms with van der Waals surface area (Å²) < 4.78 is 27.6. The van der Waals surface area contributed by atoms with Gasteiger partial charge in [-0.3, -0.25) is 10.1 Å². The molecule has 2 aromatic rings. The number of hydrogen-bond donors (Lipinski definition) is 1. The molecule has 7 heteroatoms. The van der Waals surface area contributed by atoms with Gasteiger partial charge in [0.25, 0.3) is 5.69 Å². The van der Waals surface area contributed by atoms with E-state index in [9.17, 15) is 18.5 Å². The van der Waals surface area contributed by atoms with E-state index in [-0.39, 0.29) is 16.6 Å². The third kappa shape index (κ3) is 4.14. The van der Waals surface area contributed by atoms with E-state index in [2.05, 4.69) is 4.72 Å². The van der Waals surface area contributed by atoms with Crippen molar-refractivity contribution >= 4 is 15.7 Å². The van der Waals surface area contributed by atoms with Gasteiger partial charge in [0.2, 0.25) is 10.0 Å². The number of benzene rings is 2. The van der Waals surface area contributed by atoms with Gasteiger partial charge in [0, 0.05) is 18.2 Å². The molecule has 0 bridgehead atoms. The molecule has 0 radical (unpaired) electrons. The predicted molar refractivity (Wildman–Crippen MR) is 87.6 cm³/mol. The Balaban J connectivity index is 2.30. The maximum absolute atomic E-state index is 12.5. The van der Waals surface area contributed by atoms with Crippen LogP contribution in [0.25, 0.3) is 0 Å². The minimum atomic E-state index is -3.84. The topological polar surface area (TPSA) is 89.3 Å². The average molecular weight is 334 g/mol. The first kappa shape index (κ1) is 17.1. The first-order valence-electron chi connectivity index (χ1n) is 7.17. The summed E-state index contributed by atoms with van der Waals surface area (Å²) in [7, 11) is -3.84. The number of sulfonamides is 1. The second-order valence-electron chi connectivity index (χ2n) is 5.25. The van der Waals surface area contributed by atoms with E-state index in [1.165, 1.54) is 18.2 Å². The Morgan fingerprint density at radius 1 is 1.17 bits per heavy atom. The van der Waals surface area contributed by atoms with Crippen LogP contribution in [0, 0.1) is 17.0 Å². The smallest absolute Gasteiger partial charge is 0.258 e. The van der Waals surface area contributed by atoms with Crippen molar-refractivity contribution in [3.63, 3.8) is 0 Å². The molecule has 0 spiro atoms. The Bertz CT molecular complexity index is 801. The fraction of sp³-hybridized carbons (Fsp3) is 0.250. The predicted octanol–water partition coefficient (Wildman–Crippen LogP) is 3.33. The summed E-state index contributed by atoms with van der Waals surface area (Å²) in [4.78, 5) is 10.1. The lowest BCUT2D eigenvalue weighted by molar-refractivity contribution is -0.385. The molecule has 23 heavy (non-hydrogen) atoms. The van der Waals surface area contributed by atoms with Crippen molar-refractivity contribution < 1.29 is 13.3 Å². The fourth-order valence-corrected chi connectivity index (χ4v) is 3.55. The van der Waals surface area contributed by atoms with Crippen molar-refractivity contribution in [1.82, 2.24) is 4.72 Å². The van der Waals surface area contributed by atoms with Crippen molar-refractivity contribution in [3.05, 3.63) is 69.8 Å². The normalized spacial score (nSPS) is 12.8. The molecule has 2 rings (SSSR count). The lowest BCUT2D eigenvalue weighted by Crippen LogP contribution is -2.28. The summed E-state index contributed by atoms with van der Waals surface area (Å²) >= 11 is 0. The molecule has 1 atom stereocenters. The summed E-state index contributed by atoms with van der Waals surface area (Å²) in [6, 6.07) is 12.2.